The van der Waals surface area contributed by atoms with Crippen molar-refractivity contribution in [1.82, 2.24) is 19.7 Å². The monoisotopic (exact) mass is 335 g/mol. The van der Waals surface area contributed by atoms with Gasteiger partial charge in [-0.3, -0.25) is 4.68 Å². The molecule has 0 saturated heterocycles. The first-order chi connectivity index (χ1) is 12.2. The fraction of sp³-hybridized carbons (Fsp3) is 0.0556. The van der Waals surface area contributed by atoms with Gasteiger partial charge in [-0.1, -0.05) is 12.1 Å². The number of fused-ring (bicyclic) bond motifs is 1. The van der Waals surface area contributed by atoms with E-state index < -0.39 is 5.82 Å². The summed E-state index contributed by atoms with van der Waals surface area (Å²) >= 11 is 0. The number of hydrogen-bond acceptors (Lipinski definition) is 5. The van der Waals surface area contributed by atoms with E-state index in [-0.39, 0.29) is 5.75 Å². The molecule has 0 unspecified atom stereocenters. The molecule has 7 heteroatoms. The summed E-state index contributed by atoms with van der Waals surface area (Å²) in [4.78, 5) is 8.55. The minimum absolute atomic E-state index is 0.167. The van der Waals surface area contributed by atoms with E-state index >= 15 is 0 Å². The van der Waals surface area contributed by atoms with Crippen LogP contribution in [0, 0.1) is 5.82 Å². The van der Waals surface area contributed by atoms with Crippen LogP contribution in [0.25, 0.3) is 10.9 Å². The fourth-order valence-corrected chi connectivity index (χ4v) is 2.47. The predicted octanol–water partition coefficient (Wildman–Crippen LogP) is 4.04. The number of anilines is 2. The van der Waals surface area contributed by atoms with Crippen molar-refractivity contribution in [2.75, 3.05) is 5.32 Å². The molecule has 0 bridgehead atoms. The average Bonchev–Trinajstić information content (AvgIpc) is 3.02. The van der Waals surface area contributed by atoms with Gasteiger partial charge in [0.25, 0.3) is 0 Å². The summed E-state index contributed by atoms with van der Waals surface area (Å²) < 4.78 is 21.2. The molecule has 0 aliphatic carbocycles. The van der Waals surface area contributed by atoms with Crippen LogP contribution in [0.2, 0.25) is 0 Å². The molecule has 2 heterocycles. The van der Waals surface area contributed by atoms with Crippen LogP contribution in [0.15, 0.2) is 61.1 Å². The third kappa shape index (κ3) is 2.99. The van der Waals surface area contributed by atoms with Crippen LogP contribution in [0.1, 0.15) is 0 Å². The molecule has 124 valence electrons. The lowest BCUT2D eigenvalue weighted by Gasteiger charge is -2.10. The molecule has 0 radical (unpaired) electrons. The van der Waals surface area contributed by atoms with Crippen LogP contribution in [0.5, 0.6) is 11.5 Å². The van der Waals surface area contributed by atoms with Gasteiger partial charge in [-0.15, -0.1) is 0 Å². The predicted molar refractivity (Wildman–Crippen MR) is 92.5 cm³/mol. The number of aromatic nitrogens is 4. The molecule has 0 saturated carbocycles. The Hall–Kier alpha value is -3.48. The number of halogens is 1. The number of nitrogens with one attached hydrogen (secondary N) is 1. The first kappa shape index (κ1) is 15.1. The summed E-state index contributed by atoms with van der Waals surface area (Å²) in [6.45, 7) is 0. The highest BCUT2D eigenvalue weighted by atomic mass is 19.1. The summed E-state index contributed by atoms with van der Waals surface area (Å²) in [5.74, 6) is 1.66. The number of benzene rings is 2. The summed E-state index contributed by atoms with van der Waals surface area (Å²) in [5.41, 5.74) is 0.751. The zero-order valence-corrected chi connectivity index (χ0v) is 13.3. The molecule has 4 aromatic rings. The van der Waals surface area contributed by atoms with Gasteiger partial charge < -0.3 is 10.1 Å². The summed E-state index contributed by atoms with van der Waals surface area (Å²) in [6, 6.07) is 13.4. The van der Waals surface area contributed by atoms with Gasteiger partial charge in [0.1, 0.15) is 23.7 Å². The topological polar surface area (TPSA) is 64.9 Å². The second kappa shape index (κ2) is 6.20. The zero-order chi connectivity index (χ0) is 17.2. The third-order valence-corrected chi connectivity index (χ3v) is 3.74. The maximum absolute atomic E-state index is 13.8. The van der Waals surface area contributed by atoms with Crippen LogP contribution >= 0.6 is 0 Å². The lowest BCUT2D eigenvalue weighted by Crippen LogP contribution is -2.01. The lowest BCUT2D eigenvalue weighted by molar-refractivity contribution is 0.443. The van der Waals surface area contributed by atoms with E-state index in [1.54, 1.807) is 41.2 Å². The molecule has 1 N–H and O–H groups in total. The highest BCUT2D eigenvalue weighted by Crippen LogP contribution is 2.30. The summed E-state index contributed by atoms with van der Waals surface area (Å²) in [5, 5.41) is 8.10. The van der Waals surface area contributed by atoms with Crippen molar-refractivity contribution in [1.29, 1.82) is 0 Å². The van der Waals surface area contributed by atoms with Crippen molar-refractivity contribution in [3.63, 3.8) is 0 Å². The highest BCUT2D eigenvalue weighted by molar-refractivity contribution is 5.91. The largest absolute Gasteiger partial charge is 0.454 e. The highest BCUT2D eigenvalue weighted by Gasteiger charge is 2.09. The van der Waals surface area contributed by atoms with Gasteiger partial charge in [-0.25, -0.2) is 14.4 Å². The van der Waals surface area contributed by atoms with Gasteiger partial charge in [0, 0.05) is 18.5 Å². The van der Waals surface area contributed by atoms with Gasteiger partial charge >= 0.3 is 0 Å². The number of aryl methyl sites for hydroxylation is 1. The van der Waals surface area contributed by atoms with Crippen LogP contribution in [-0.4, -0.2) is 19.7 Å². The first-order valence-corrected chi connectivity index (χ1v) is 7.63. The van der Waals surface area contributed by atoms with Crippen molar-refractivity contribution in [3.05, 3.63) is 66.9 Å². The van der Waals surface area contributed by atoms with E-state index in [4.69, 9.17) is 4.74 Å². The number of rotatable bonds is 4. The molecule has 0 aliphatic rings. The van der Waals surface area contributed by atoms with Crippen LogP contribution in [-0.2, 0) is 7.05 Å². The van der Waals surface area contributed by atoms with Gasteiger partial charge in [0.15, 0.2) is 11.6 Å². The Kier molecular flexibility index (Phi) is 3.74. The number of nitrogens with zero attached hydrogens (tertiary/aromatic N) is 4. The molecule has 2 aromatic carbocycles. The maximum Gasteiger partial charge on any atom is 0.165 e. The Morgan fingerprint density at radius 3 is 2.76 bits per heavy atom. The number of para-hydroxylation sites is 1. The quantitative estimate of drug-likeness (QED) is 0.610. The van der Waals surface area contributed by atoms with Gasteiger partial charge in [-0.05, 0) is 30.3 Å². The van der Waals surface area contributed by atoms with Crippen LogP contribution in [0.4, 0.5) is 16.0 Å². The third-order valence-electron chi connectivity index (χ3n) is 3.74. The Morgan fingerprint density at radius 2 is 1.96 bits per heavy atom. The maximum atomic E-state index is 13.8. The molecule has 4 rings (SSSR count). The molecule has 0 amide bonds. The number of hydrogen-bond donors (Lipinski definition) is 1. The van der Waals surface area contributed by atoms with Crippen LogP contribution in [0.3, 0.4) is 0 Å². The Morgan fingerprint density at radius 1 is 1.08 bits per heavy atom. The molecule has 6 nitrogen and oxygen atoms in total. The Bertz CT molecular complexity index is 1050. The average molecular weight is 335 g/mol. The molecule has 0 fully saturated rings. The van der Waals surface area contributed by atoms with E-state index in [2.05, 4.69) is 20.4 Å². The van der Waals surface area contributed by atoms with Crippen molar-refractivity contribution in [2.24, 2.45) is 7.05 Å². The number of ether oxygens (including phenoxy) is 1. The molecule has 0 aliphatic heterocycles. The summed E-state index contributed by atoms with van der Waals surface area (Å²) in [6.07, 6.45) is 3.18. The molecular formula is C18H14FN5O. The van der Waals surface area contributed by atoms with E-state index in [9.17, 15) is 4.39 Å². The molecule has 2 aromatic heterocycles. The van der Waals surface area contributed by atoms with Crippen molar-refractivity contribution >= 4 is 22.5 Å². The van der Waals surface area contributed by atoms with E-state index in [1.807, 2.05) is 19.2 Å². The molecular weight excluding hydrogens is 321 g/mol. The summed E-state index contributed by atoms with van der Waals surface area (Å²) in [7, 11) is 1.83. The van der Waals surface area contributed by atoms with E-state index in [0.717, 1.165) is 16.7 Å². The van der Waals surface area contributed by atoms with E-state index in [0.29, 0.717) is 11.6 Å². The van der Waals surface area contributed by atoms with Gasteiger partial charge in [0.05, 0.1) is 11.7 Å². The minimum Gasteiger partial charge on any atom is -0.454 e. The standard InChI is InChI=1S/C18H14FN5O/c1-24-17(8-9-22-24)23-18-13-10-12(6-7-15(13)20-11-21-18)25-16-5-3-2-4-14(16)19/h2-11H,1H3,(H,20,21,23). The first-order valence-electron chi connectivity index (χ1n) is 7.63. The molecule has 0 atom stereocenters. The van der Waals surface area contributed by atoms with Crippen molar-refractivity contribution in [2.45, 2.75) is 0 Å². The van der Waals surface area contributed by atoms with Crippen LogP contribution < -0.4 is 10.1 Å². The molecule has 25 heavy (non-hydrogen) atoms. The Labute approximate surface area is 142 Å². The second-order valence-corrected chi connectivity index (χ2v) is 5.40. The van der Waals surface area contributed by atoms with Crippen molar-refractivity contribution < 1.29 is 9.13 Å². The van der Waals surface area contributed by atoms with Gasteiger partial charge in [0.2, 0.25) is 0 Å². The lowest BCUT2D eigenvalue weighted by atomic mass is 10.2. The fourth-order valence-electron chi connectivity index (χ4n) is 2.47. The Balaban J connectivity index is 1.73. The minimum atomic E-state index is -0.417. The zero-order valence-electron chi connectivity index (χ0n) is 13.3. The second-order valence-electron chi connectivity index (χ2n) is 5.40. The normalized spacial score (nSPS) is 10.8. The smallest absolute Gasteiger partial charge is 0.165 e. The molecule has 0 spiro atoms. The van der Waals surface area contributed by atoms with E-state index in [1.165, 1.54) is 12.4 Å². The van der Waals surface area contributed by atoms with Crippen molar-refractivity contribution in [3.8, 4) is 11.5 Å². The van der Waals surface area contributed by atoms with Gasteiger partial charge in [-0.2, -0.15) is 5.10 Å². The SMILES string of the molecule is Cn1nccc1Nc1ncnc2ccc(Oc3ccccc3F)cc12.